The van der Waals surface area contributed by atoms with Crippen molar-refractivity contribution in [3.8, 4) is 0 Å². The van der Waals surface area contributed by atoms with Crippen molar-refractivity contribution in [3.63, 3.8) is 0 Å². The molecule has 0 atom stereocenters. The molecule has 0 bridgehead atoms. The molecule has 5 nitrogen and oxygen atoms in total. The maximum atomic E-state index is 11.6. The minimum atomic E-state index is -0.395. The van der Waals surface area contributed by atoms with Gasteiger partial charge in [-0.1, -0.05) is 19.8 Å². The summed E-state index contributed by atoms with van der Waals surface area (Å²) in [6, 6.07) is 6.64. The monoisotopic (exact) mass is 308 g/mol. The second kappa shape index (κ2) is 9.07. The normalized spacial score (nSPS) is 9.81. The van der Waals surface area contributed by atoms with Gasteiger partial charge in [0.1, 0.15) is 0 Å². The average molecular weight is 308 g/mol. The highest BCUT2D eigenvalue weighted by atomic mass is 32.1. The number of unbranched alkanes of at least 4 members (excludes halogenated alkanes) is 2. The van der Waals surface area contributed by atoms with Gasteiger partial charge < -0.3 is 15.4 Å². The number of hydrogen-bond acceptors (Lipinski definition) is 4. The number of rotatable bonds is 6. The van der Waals surface area contributed by atoms with Crippen molar-refractivity contribution in [2.75, 3.05) is 12.4 Å². The predicted molar refractivity (Wildman–Crippen MR) is 86.3 cm³/mol. The summed E-state index contributed by atoms with van der Waals surface area (Å²) < 4.78 is 4.61. The lowest BCUT2D eigenvalue weighted by atomic mass is 10.2. The molecule has 114 valence electrons. The van der Waals surface area contributed by atoms with Crippen LogP contribution in [0.1, 0.15) is 43.0 Å². The van der Waals surface area contributed by atoms with Crippen molar-refractivity contribution < 1.29 is 14.3 Å². The Morgan fingerprint density at radius 3 is 2.43 bits per heavy atom. The number of carbonyl (C=O) groups is 2. The zero-order valence-electron chi connectivity index (χ0n) is 12.3. The van der Waals surface area contributed by atoms with Gasteiger partial charge in [-0.15, -0.1) is 0 Å². The Morgan fingerprint density at radius 2 is 1.86 bits per heavy atom. The third-order valence-electron chi connectivity index (χ3n) is 2.82. The molecular formula is C15H20N2O3S. The number of methoxy groups -OCH3 is 1. The van der Waals surface area contributed by atoms with E-state index >= 15 is 0 Å². The second-order valence-electron chi connectivity index (χ2n) is 4.53. The summed E-state index contributed by atoms with van der Waals surface area (Å²) in [5, 5.41) is 5.77. The first-order valence-electron chi connectivity index (χ1n) is 6.86. The molecule has 0 unspecified atom stereocenters. The van der Waals surface area contributed by atoms with Crippen LogP contribution in [0.3, 0.4) is 0 Å². The number of hydrogen-bond donors (Lipinski definition) is 2. The van der Waals surface area contributed by atoms with E-state index in [2.05, 4.69) is 22.3 Å². The van der Waals surface area contributed by atoms with E-state index in [-0.39, 0.29) is 11.0 Å². The molecule has 0 aromatic heterocycles. The van der Waals surface area contributed by atoms with Crippen LogP contribution >= 0.6 is 12.2 Å². The van der Waals surface area contributed by atoms with Crippen LogP contribution in [0.5, 0.6) is 0 Å². The van der Waals surface area contributed by atoms with Crippen LogP contribution < -0.4 is 10.6 Å². The molecule has 0 aliphatic carbocycles. The van der Waals surface area contributed by atoms with Crippen LogP contribution in [0.15, 0.2) is 24.3 Å². The topological polar surface area (TPSA) is 67.4 Å². The lowest BCUT2D eigenvalue weighted by molar-refractivity contribution is -0.119. The third kappa shape index (κ3) is 6.35. The Labute approximate surface area is 130 Å². The maximum Gasteiger partial charge on any atom is 0.337 e. The number of thiocarbonyl (C=S) groups is 1. The van der Waals surface area contributed by atoms with E-state index in [9.17, 15) is 9.59 Å². The van der Waals surface area contributed by atoms with E-state index in [0.717, 1.165) is 19.3 Å². The van der Waals surface area contributed by atoms with Crippen molar-refractivity contribution in [2.24, 2.45) is 0 Å². The molecule has 0 aliphatic heterocycles. The number of nitrogens with one attached hydrogen (secondary N) is 2. The molecular weight excluding hydrogens is 288 g/mol. The quantitative estimate of drug-likeness (QED) is 0.480. The van der Waals surface area contributed by atoms with Crippen LogP contribution in [-0.4, -0.2) is 24.1 Å². The number of anilines is 1. The lowest BCUT2D eigenvalue weighted by Gasteiger charge is -2.09. The summed E-state index contributed by atoms with van der Waals surface area (Å²) in [5.41, 5.74) is 1.15. The van der Waals surface area contributed by atoms with Gasteiger partial charge in [0.2, 0.25) is 5.91 Å². The van der Waals surface area contributed by atoms with Crippen LogP contribution in [0.25, 0.3) is 0 Å². The molecule has 0 saturated carbocycles. The van der Waals surface area contributed by atoms with Gasteiger partial charge in [-0.05, 0) is 42.9 Å². The fourth-order valence-electron chi connectivity index (χ4n) is 1.69. The van der Waals surface area contributed by atoms with Crippen molar-refractivity contribution >= 4 is 34.9 Å². The van der Waals surface area contributed by atoms with Gasteiger partial charge in [-0.2, -0.15) is 0 Å². The Kier molecular flexibility index (Phi) is 7.39. The molecule has 1 rings (SSSR count). The van der Waals surface area contributed by atoms with Gasteiger partial charge in [-0.25, -0.2) is 4.79 Å². The SMILES string of the molecule is CCCCCC(=O)NC(=S)Nc1ccc(C(=O)OC)cc1. The van der Waals surface area contributed by atoms with Crippen LogP contribution in [0.4, 0.5) is 5.69 Å². The molecule has 1 aromatic carbocycles. The minimum Gasteiger partial charge on any atom is -0.465 e. The summed E-state index contributed by atoms with van der Waals surface area (Å²) in [7, 11) is 1.33. The fraction of sp³-hybridized carbons (Fsp3) is 0.400. The molecule has 0 aliphatic rings. The van der Waals surface area contributed by atoms with Gasteiger partial charge in [-0.3, -0.25) is 4.79 Å². The molecule has 1 aromatic rings. The van der Waals surface area contributed by atoms with Crippen LogP contribution in [-0.2, 0) is 9.53 Å². The molecule has 0 fully saturated rings. The van der Waals surface area contributed by atoms with E-state index in [0.29, 0.717) is 17.7 Å². The first kappa shape index (κ1) is 17.1. The average Bonchev–Trinajstić information content (AvgIpc) is 2.47. The smallest absolute Gasteiger partial charge is 0.337 e. The van der Waals surface area contributed by atoms with E-state index in [1.807, 2.05) is 0 Å². The number of carbonyl (C=O) groups excluding carboxylic acids is 2. The number of ether oxygens (including phenoxy) is 1. The van der Waals surface area contributed by atoms with Crippen molar-refractivity contribution in [1.29, 1.82) is 0 Å². The summed E-state index contributed by atoms with van der Waals surface area (Å²) in [6.07, 6.45) is 3.43. The first-order chi connectivity index (χ1) is 10.1. The molecule has 21 heavy (non-hydrogen) atoms. The van der Waals surface area contributed by atoms with Crippen LogP contribution in [0, 0.1) is 0 Å². The van der Waals surface area contributed by atoms with Crippen LogP contribution in [0.2, 0.25) is 0 Å². The van der Waals surface area contributed by atoms with E-state index in [4.69, 9.17) is 12.2 Å². The Morgan fingerprint density at radius 1 is 1.19 bits per heavy atom. The van der Waals surface area contributed by atoms with E-state index < -0.39 is 5.97 Å². The molecule has 2 N–H and O–H groups in total. The van der Waals surface area contributed by atoms with Gasteiger partial charge in [0.05, 0.1) is 12.7 Å². The number of esters is 1. The standard InChI is InChI=1S/C15H20N2O3S/c1-3-4-5-6-13(18)17-15(21)16-12-9-7-11(8-10-12)14(19)20-2/h7-10H,3-6H2,1-2H3,(H2,16,17,18,21). The molecule has 0 heterocycles. The second-order valence-corrected chi connectivity index (χ2v) is 4.94. The lowest BCUT2D eigenvalue weighted by Crippen LogP contribution is -2.33. The van der Waals surface area contributed by atoms with Gasteiger partial charge >= 0.3 is 5.97 Å². The molecule has 0 radical (unpaired) electrons. The third-order valence-corrected chi connectivity index (χ3v) is 3.03. The summed E-state index contributed by atoms with van der Waals surface area (Å²) in [5.74, 6) is -0.486. The Balaban J connectivity index is 2.44. The molecule has 0 spiro atoms. The predicted octanol–water partition coefficient (Wildman–Crippen LogP) is 2.87. The maximum absolute atomic E-state index is 11.6. The Hall–Kier alpha value is -1.95. The van der Waals surface area contributed by atoms with Gasteiger partial charge in [0.25, 0.3) is 0 Å². The number of amides is 1. The highest BCUT2D eigenvalue weighted by molar-refractivity contribution is 7.80. The van der Waals surface area contributed by atoms with Gasteiger partial charge in [0.15, 0.2) is 5.11 Å². The fourth-order valence-corrected chi connectivity index (χ4v) is 1.93. The zero-order valence-corrected chi connectivity index (χ0v) is 13.1. The largest absolute Gasteiger partial charge is 0.465 e. The van der Waals surface area contributed by atoms with Crippen molar-refractivity contribution in [2.45, 2.75) is 32.6 Å². The first-order valence-corrected chi connectivity index (χ1v) is 7.27. The van der Waals surface area contributed by atoms with Crippen molar-refractivity contribution in [3.05, 3.63) is 29.8 Å². The molecule has 1 amide bonds. The zero-order chi connectivity index (χ0) is 15.7. The summed E-state index contributed by atoms with van der Waals surface area (Å²) in [4.78, 5) is 22.9. The summed E-state index contributed by atoms with van der Waals surface area (Å²) in [6.45, 7) is 2.09. The van der Waals surface area contributed by atoms with E-state index in [1.165, 1.54) is 7.11 Å². The van der Waals surface area contributed by atoms with Gasteiger partial charge in [0, 0.05) is 12.1 Å². The highest BCUT2D eigenvalue weighted by Crippen LogP contribution is 2.10. The minimum absolute atomic E-state index is 0.0906. The number of benzene rings is 1. The van der Waals surface area contributed by atoms with Crippen molar-refractivity contribution in [1.82, 2.24) is 5.32 Å². The molecule has 6 heteroatoms. The van der Waals surface area contributed by atoms with E-state index in [1.54, 1.807) is 24.3 Å². The molecule has 0 saturated heterocycles. The summed E-state index contributed by atoms with van der Waals surface area (Å²) >= 11 is 5.06. The Bertz CT molecular complexity index is 500. The highest BCUT2D eigenvalue weighted by Gasteiger charge is 2.06.